The molecule has 0 fully saturated rings. The van der Waals surface area contributed by atoms with E-state index in [0.717, 1.165) is 35.9 Å². The van der Waals surface area contributed by atoms with Gasteiger partial charge in [-0.15, -0.1) is 0 Å². The molecule has 0 amide bonds. The van der Waals surface area contributed by atoms with Crippen LogP contribution in [-0.2, 0) is 42.9 Å². The molecule has 0 heterocycles. The van der Waals surface area contributed by atoms with Gasteiger partial charge in [0.1, 0.15) is 37.9 Å². The zero-order valence-electron chi connectivity index (χ0n) is 35.2. The number of rotatable bonds is 28. The SMILES string of the molecule is C=CC(=O)OCCCCOc1ccc2cc(C(=O)Oc3ccc(OC(=O)c4ccc(OCCOCCOC(=O)C=C)c(OCCOCCOC(=O)C=C)c4)cc3OC(C)=O)ccc2c1. The molecule has 0 aliphatic heterocycles. The van der Waals surface area contributed by atoms with Crippen molar-refractivity contribution in [2.45, 2.75) is 19.8 Å². The molecule has 0 atom stereocenters. The maximum atomic E-state index is 13.4. The fourth-order valence-electron chi connectivity index (χ4n) is 5.27. The first-order valence-corrected chi connectivity index (χ1v) is 19.9. The Hall–Kier alpha value is -7.50. The topological polar surface area (TPSA) is 204 Å². The van der Waals surface area contributed by atoms with Crippen LogP contribution in [-0.4, -0.2) is 102 Å². The van der Waals surface area contributed by atoms with E-state index in [1.54, 1.807) is 30.3 Å². The number of ether oxygens (including phenoxy) is 11. The molecule has 338 valence electrons. The van der Waals surface area contributed by atoms with E-state index in [-0.39, 0.29) is 99.3 Å². The summed E-state index contributed by atoms with van der Waals surface area (Å²) in [6.45, 7) is 12.5. The van der Waals surface area contributed by atoms with Crippen LogP contribution in [0.25, 0.3) is 10.8 Å². The Labute approximate surface area is 369 Å². The van der Waals surface area contributed by atoms with Crippen molar-refractivity contribution in [1.29, 1.82) is 0 Å². The molecule has 4 aromatic rings. The van der Waals surface area contributed by atoms with Crippen LogP contribution in [0.2, 0.25) is 0 Å². The Balaban J connectivity index is 1.39. The van der Waals surface area contributed by atoms with Gasteiger partial charge in [-0.3, -0.25) is 4.79 Å². The van der Waals surface area contributed by atoms with E-state index in [9.17, 15) is 28.8 Å². The van der Waals surface area contributed by atoms with Crippen LogP contribution in [0.3, 0.4) is 0 Å². The molecular weight excluding hydrogens is 836 g/mol. The maximum Gasteiger partial charge on any atom is 0.343 e. The first-order valence-electron chi connectivity index (χ1n) is 19.9. The summed E-state index contributed by atoms with van der Waals surface area (Å²) < 4.78 is 59.6. The van der Waals surface area contributed by atoms with E-state index in [2.05, 4.69) is 19.7 Å². The molecule has 0 saturated carbocycles. The van der Waals surface area contributed by atoms with Crippen LogP contribution < -0.4 is 28.4 Å². The smallest absolute Gasteiger partial charge is 0.343 e. The fraction of sp³-hybridized carbons (Fsp3) is 0.277. The second-order valence-electron chi connectivity index (χ2n) is 13.0. The average Bonchev–Trinajstić information content (AvgIpc) is 3.29. The number of unbranched alkanes of at least 4 members (excludes halogenated alkanes) is 1. The van der Waals surface area contributed by atoms with Gasteiger partial charge in [-0.25, -0.2) is 24.0 Å². The second kappa shape index (κ2) is 26.8. The van der Waals surface area contributed by atoms with Gasteiger partial charge in [0.25, 0.3) is 0 Å². The highest BCUT2D eigenvalue weighted by molar-refractivity contribution is 5.97. The maximum absolute atomic E-state index is 13.4. The van der Waals surface area contributed by atoms with Crippen molar-refractivity contribution < 1.29 is 80.9 Å². The normalized spacial score (nSPS) is 10.5. The molecule has 0 aliphatic rings. The Bertz CT molecular complexity index is 2280. The standard InChI is InChI=1S/C47H48O17/c1-5-43(49)59-19-9-8-18-56-37-14-12-33-28-35(11-10-34(33)29-37)47(53)64-40-17-15-38(31-42(40)62-32(4)48)63-46(52)36-13-16-39(57-24-20-54-22-26-60-44(50)6-2)41(30-36)58-25-21-55-23-27-61-45(51)7-3/h5-7,10-17,28-31H,1-3,8-9,18-27H2,4H3. The van der Waals surface area contributed by atoms with Gasteiger partial charge >= 0.3 is 35.8 Å². The first-order chi connectivity index (χ1) is 31.0. The number of carbonyl (C=O) groups excluding carboxylic acids is 6. The highest BCUT2D eigenvalue weighted by Crippen LogP contribution is 2.34. The minimum Gasteiger partial charge on any atom is -0.494 e. The van der Waals surface area contributed by atoms with E-state index in [0.29, 0.717) is 25.2 Å². The van der Waals surface area contributed by atoms with Crippen LogP contribution in [0.4, 0.5) is 0 Å². The summed E-state index contributed by atoms with van der Waals surface area (Å²) in [7, 11) is 0. The third-order valence-electron chi connectivity index (χ3n) is 8.28. The van der Waals surface area contributed by atoms with Crippen molar-refractivity contribution in [3.8, 4) is 34.5 Å². The van der Waals surface area contributed by atoms with Gasteiger partial charge in [-0.05, 0) is 78.2 Å². The molecule has 0 N–H and O–H groups in total. The molecule has 0 aromatic heterocycles. The van der Waals surface area contributed by atoms with Gasteiger partial charge in [-0.1, -0.05) is 31.9 Å². The van der Waals surface area contributed by atoms with E-state index in [1.807, 2.05) is 6.07 Å². The van der Waals surface area contributed by atoms with Crippen molar-refractivity contribution in [2.24, 2.45) is 0 Å². The minimum absolute atomic E-state index is 0.0150. The Morgan fingerprint density at radius 2 is 0.953 bits per heavy atom. The molecule has 0 unspecified atom stereocenters. The molecule has 17 heteroatoms. The molecule has 0 radical (unpaired) electrons. The zero-order valence-corrected chi connectivity index (χ0v) is 35.2. The van der Waals surface area contributed by atoms with Gasteiger partial charge in [-0.2, -0.15) is 0 Å². The number of carbonyl (C=O) groups is 6. The third kappa shape index (κ3) is 17.1. The van der Waals surface area contributed by atoms with Crippen molar-refractivity contribution in [2.75, 3.05) is 66.1 Å². The summed E-state index contributed by atoms with van der Waals surface area (Å²) in [6.07, 6.45) is 4.50. The molecule has 0 saturated heterocycles. The van der Waals surface area contributed by atoms with E-state index in [4.69, 9.17) is 52.1 Å². The second-order valence-corrected chi connectivity index (χ2v) is 13.0. The quantitative estimate of drug-likeness (QED) is 0.0201. The lowest BCUT2D eigenvalue weighted by atomic mass is 10.1. The summed E-state index contributed by atoms with van der Waals surface area (Å²) in [6, 6.07) is 18.6. The Morgan fingerprint density at radius 1 is 0.438 bits per heavy atom. The predicted octanol–water partition coefficient (Wildman–Crippen LogP) is 6.34. The van der Waals surface area contributed by atoms with Gasteiger partial charge in [0, 0.05) is 31.2 Å². The minimum atomic E-state index is -0.816. The van der Waals surface area contributed by atoms with Crippen LogP contribution in [0.15, 0.2) is 111 Å². The third-order valence-corrected chi connectivity index (χ3v) is 8.28. The Morgan fingerprint density at radius 3 is 1.61 bits per heavy atom. The number of hydrogen-bond acceptors (Lipinski definition) is 17. The highest BCUT2D eigenvalue weighted by atomic mass is 16.6. The van der Waals surface area contributed by atoms with Crippen LogP contribution in [0, 0.1) is 0 Å². The van der Waals surface area contributed by atoms with Crippen LogP contribution in [0.1, 0.15) is 40.5 Å². The molecule has 4 rings (SSSR count). The lowest BCUT2D eigenvalue weighted by molar-refractivity contribution is -0.140. The molecule has 0 bridgehead atoms. The van der Waals surface area contributed by atoms with E-state index in [1.165, 1.54) is 36.4 Å². The predicted molar refractivity (Wildman–Crippen MR) is 229 cm³/mol. The van der Waals surface area contributed by atoms with Crippen LogP contribution in [0.5, 0.6) is 34.5 Å². The highest BCUT2D eigenvalue weighted by Gasteiger charge is 2.19. The molecule has 4 aromatic carbocycles. The number of fused-ring (bicyclic) bond motifs is 1. The van der Waals surface area contributed by atoms with Gasteiger partial charge in [0.15, 0.2) is 23.0 Å². The Kier molecular flexibility index (Phi) is 20.5. The summed E-state index contributed by atoms with van der Waals surface area (Å²) in [5, 5.41) is 1.55. The van der Waals surface area contributed by atoms with Crippen molar-refractivity contribution in [1.82, 2.24) is 0 Å². The van der Waals surface area contributed by atoms with Gasteiger partial charge in [0.05, 0.1) is 50.8 Å². The van der Waals surface area contributed by atoms with E-state index >= 15 is 0 Å². The molecular formula is C47H48O17. The average molecular weight is 885 g/mol. The van der Waals surface area contributed by atoms with Crippen LogP contribution >= 0.6 is 0 Å². The van der Waals surface area contributed by atoms with Gasteiger partial charge < -0.3 is 52.1 Å². The summed E-state index contributed by atoms with van der Waals surface area (Å²) >= 11 is 0. The molecule has 64 heavy (non-hydrogen) atoms. The largest absolute Gasteiger partial charge is 0.494 e. The van der Waals surface area contributed by atoms with Crippen molar-refractivity contribution in [3.63, 3.8) is 0 Å². The monoisotopic (exact) mass is 884 g/mol. The first kappa shape index (κ1) is 49.2. The fourth-order valence-corrected chi connectivity index (χ4v) is 5.27. The lowest BCUT2D eigenvalue weighted by Gasteiger charge is -2.15. The van der Waals surface area contributed by atoms with Gasteiger partial charge in [0.2, 0.25) is 0 Å². The lowest BCUT2D eigenvalue weighted by Crippen LogP contribution is -2.15. The summed E-state index contributed by atoms with van der Waals surface area (Å²) in [5.74, 6) is -3.16. The molecule has 0 aliphatic carbocycles. The van der Waals surface area contributed by atoms with Crippen molar-refractivity contribution >= 4 is 46.6 Å². The number of hydrogen-bond donors (Lipinski definition) is 0. The molecule has 17 nitrogen and oxygen atoms in total. The summed E-state index contributed by atoms with van der Waals surface area (Å²) in [5.41, 5.74) is 0.271. The van der Waals surface area contributed by atoms with Crippen molar-refractivity contribution in [3.05, 3.63) is 122 Å². The van der Waals surface area contributed by atoms with E-state index < -0.39 is 35.8 Å². The zero-order chi connectivity index (χ0) is 46.1. The number of esters is 6. The summed E-state index contributed by atoms with van der Waals surface area (Å²) in [4.78, 5) is 72.3. The molecule has 0 spiro atoms. The number of benzene rings is 4.